The lowest BCUT2D eigenvalue weighted by Gasteiger charge is -2.25. The van der Waals surface area contributed by atoms with Crippen molar-refractivity contribution in [1.29, 1.82) is 0 Å². The van der Waals surface area contributed by atoms with Crippen LogP contribution in [-0.4, -0.2) is 35.3 Å². The van der Waals surface area contributed by atoms with Gasteiger partial charge in [-0.3, -0.25) is 9.78 Å². The fourth-order valence-corrected chi connectivity index (χ4v) is 3.13. The van der Waals surface area contributed by atoms with Crippen molar-refractivity contribution in [1.82, 2.24) is 9.88 Å². The van der Waals surface area contributed by atoms with Crippen LogP contribution in [0.25, 0.3) is 0 Å². The Labute approximate surface area is 146 Å². The number of rotatable bonds is 5. The number of aromatic nitrogens is 1. The number of hydrogen-bond donors (Lipinski definition) is 0. The summed E-state index contributed by atoms with van der Waals surface area (Å²) in [5.41, 5.74) is 1.85. The summed E-state index contributed by atoms with van der Waals surface area (Å²) < 4.78 is 16.4. The van der Waals surface area contributed by atoms with Crippen molar-refractivity contribution in [2.45, 2.75) is 32.0 Å². The third kappa shape index (κ3) is 3.58. The zero-order chi connectivity index (χ0) is 17.1. The second-order valence-electron chi connectivity index (χ2n) is 6.20. The smallest absolute Gasteiger partial charge is 0.252 e. The molecule has 2 aliphatic heterocycles. The lowest BCUT2D eigenvalue weighted by atomic mass is 10.1. The molecule has 0 spiro atoms. The number of pyridine rings is 1. The maximum absolute atomic E-state index is 12.9. The van der Waals surface area contributed by atoms with Crippen LogP contribution in [0.5, 0.6) is 11.5 Å². The molecule has 25 heavy (non-hydrogen) atoms. The third-order valence-electron chi connectivity index (χ3n) is 4.41. The van der Waals surface area contributed by atoms with Crippen LogP contribution in [0.1, 0.15) is 24.1 Å². The minimum atomic E-state index is -0.349. The first-order valence-electron chi connectivity index (χ1n) is 8.48. The molecule has 1 saturated heterocycles. The van der Waals surface area contributed by atoms with E-state index in [0.29, 0.717) is 19.7 Å². The van der Waals surface area contributed by atoms with Crippen molar-refractivity contribution in [2.24, 2.45) is 0 Å². The number of benzene rings is 1. The molecule has 2 aliphatic rings. The highest BCUT2D eigenvalue weighted by Crippen LogP contribution is 2.33. The van der Waals surface area contributed by atoms with E-state index in [0.717, 1.165) is 35.6 Å². The van der Waals surface area contributed by atoms with E-state index in [1.165, 1.54) is 0 Å². The van der Waals surface area contributed by atoms with Gasteiger partial charge in [-0.25, -0.2) is 0 Å². The predicted molar refractivity (Wildman–Crippen MR) is 90.0 cm³/mol. The second-order valence-corrected chi connectivity index (χ2v) is 6.20. The lowest BCUT2D eigenvalue weighted by Crippen LogP contribution is -2.38. The van der Waals surface area contributed by atoms with Gasteiger partial charge in [0.15, 0.2) is 11.5 Å². The largest absolute Gasteiger partial charge is 0.454 e. The summed E-state index contributed by atoms with van der Waals surface area (Å²) in [4.78, 5) is 19.1. The van der Waals surface area contributed by atoms with E-state index < -0.39 is 0 Å². The first-order valence-corrected chi connectivity index (χ1v) is 8.48. The minimum absolute atomic E-state index is 0.0146. The van der Waals surface area contributed by atoms with Gasteiger partial charge >= 0.3 is 0 Å². The lowest BCUT2D eigenvalue weighted by molar-refractivity contribution is -0.142. The number of fused-ring (bicyclic) bond motifs is 1. The summed E-state index contributed by atoms with van der Waals surface area (Å²) in [7, 11) is 0. The zero-order valence-electron chi connectivity index (χ0n) is 13.9. The summed E-state index contributed by atoms with van der Waals surface area (Å²) in [6.45, 7) is 1.82. The van der Waals surface area contributed by atoms with Crippen LogP contribution in [0.3, 0.4) is 0 Å². The van der Waals surface area contributed by atoms with E-state index in [4.69, 9.17) is 14.2 Å². The second kappa shape index (κ2) is 7.11. The van der Waals surface area contributed by atoms with Gasteiger partial charge in [-0.1, -0.05) is 12.1 Å². The molecule has 3 heterocycles. The molecule has 0 radical (unpaired) electrons. The number of carbonyl (C=O) groups excluding carboxylic acids is 1. The van der Waals surface area contributed by atoms with Crippen molar-refractivity contribution in [3.63, 3.8) is 0 Å². The van der Waals surface area contributed by atoms with E-state index in [-0.39, 0.29) is 18.8 Å². The van der Waals surface area contributed by atoms with E-state index in [1.807, 2.05) is 36.4 Å². The molecular formula is C19H20N2O4. The molecule has 0 N–H and O–H groups in total. The van der Waals surface area contributed by atoms with Gasteiger partial charge in [0.25, 0.3) is 5.91 Å². The maximum Gasteiger partial charge on any atom is 0.252 e. The molecule has 0 aliphatic carbocycles. The molecule has 2 aromatic rings. The molecule has 0 unspecified atom stereocenters. The zero-order valence-corrected chi connectivity index (χ0v) is 13.9. The Hall–Kier alpha value is -2.60. The van der Waals surface area contributed by atoms with Crippen LogP contribution in [0.4, 0.5) is 0 Å². The van der Waals surface area contributed by atoms with E-state index in [2.05, 4.69) is 4.98 Å². The van der Waals surface area contributed by atoms with Crippen molar-refractivity contribution < 1.29 is 19.0 Å². The molecule has 1 fully saturated rings. The normalized spacial score (nSPS) is 18.3. The summed E-state index contributed by atoms with van der Waals surface area (Å²) in [5.74, 6) is 1.48. The average Bonchev–Trinajstić information content (AvgIpc) is 3.33. The van der Waals surface area contributed by atoms with Gasteiger partial charge in [-0.15, -0.1) is 0 Å². The van der Waals surface area contributed by atoms with Gasteiger partial charge in [0.1, 0.15) is 6.10 Å². The van der Waals surface area contributed by atoms with Gasteiger partial charge < -0.3 is 19.1 Å². The topological polar surface area (TPSA) is 60.9 Å². The van der Waals surface area contributed by atoms with Gasteiger partial charge in [0.05, 0.1) is 12.2 Å². The molecule has 1 aromatic heterocycles. The van der Waals surface area contributed by atoms with Crippen LogP contribution in [0.2, 0.25) is 0 Å². The van der Waals surface area contributed by atoms with Gasteiger partial charge in [0.2, 0.25) is 6.79 Å². The first-order chi connectivity index (χ1) is 12.3. The Bertz CT molecular complexity index is 744. The quantitative estimate of drug-likeness (QED) is 0.837. The van der Waals surface area contributed by atoms with Crippen LogP contribution >= 0.6 is 0 Å². The Kier molecular flexibility index (Phi) is 4.52. The molecule has 1 atom stereocenters. The average molecular weight is 340 g/mol. The number of carbonyl (C=O) groups is 1. The first kappa shape index (κ1) is 15.9. The molecule has 6 heteroatoms. The van der Waals surface area contributed by atoms with Crippen LogP contribution in [0.15, 0.2) is 42.6 Å². The molecule has 1 aromatic carbocycles. The van der Waals surface area contributed by atoms with E-state index in [9.17, 15) is 4.79 Å². The van der Waals surface area contributed by atoms with Crippen LogP contribution < -0.4 is 9.47 Å². The van der Waals surface area contributed by atoms with Gasteiger partial charge in [-0.2, -0.15) is 0 Å². The Morgan fingerprint density at radius 2 is 2.08 bits per heavy atom. The summed E-state index contributed by atoms with van der Waals surface area (Å²) >= 11 is 0. The molecule has 0 saturated carbocycles. The number of hydrogen-bond acceptors (Lipinski definition) is 5. The summed E-state index contributed by atoms with van der Waals surface area (Å²) in [6, 6.07) is 11.5. The maximum atomic E-state index is 12.9. The minimum Gasteiger partial charge on any atom is -0.454 e. The van der Waals surface area contributed by atoms with E-state index in [1.54, 1.807) is 11.1 Å². The van der Waals surface area contributed by atoms with Crippen molar-refractivity contribution >= 4 is 5.91 Å². The monoisotopic (exact) mass is 340 g/mol. The number of amides is 1. The summed E-state index contributed by atoms with van der Waals surface area (Å²) in [6.07, 6.45) is 3.10. The van der Waals surface area contributed by atoms with Crippen molar-refractivity contribution in [3.8, 4) is 11.5 Å². The fraction of sp³-hybridized carbons (Fsp3) is 0.368. The highest BCUT2D eigenvalue weighted by Gasteiger charge is 2.29. The SMILES string of the molecule is O=C([C@@H]1CCCO1)N(Cc1ccc2c(c1)OCO2)Cc1ccccn1. The number of ether oxygens (including phenoxy) is 3. The standard InChI is InChI=1S/C19H20N2O4/c22-19(17-5-3-9-23-17)21(12-15-4-1-2-8-20-15)11-14-6-7-16-18(10-14)25-13-24-16/h1-2,4,6-8,10,17H,3,5,9,11-13H2/t17-/m0/s1. The highest BCUT2D eigenvalue weighted by molar-refractivity contribution is 5.81. The van der Waals surface area contributed by atoms with Gasteiger partial charge in [-0.05, 0) is 42.7 Å². The van der Waals surface area contributed by atoms with Gasteiger partial charge in [0, 0.05) is 19.3 Å². The molecule has 0 bridgehead atoms. The number of nitrogens with zero attached hydrogens (tertiary/aromatic N) is 2. The molecule has 6 nitrogen and oxygen atoms in total. The van der Waals surface area contributed by atoms with Crippen molar-refractivity contribution in [2.75, 3.05) is 13.4 Å². The highest BCUT2D eigenvalue weighted by atomic mass is 16.7. The molecule has 4 rings (SSSR count). The molecule has 130 valence electrons. The molecule has 1 amide bonds. The molecular weight excluding hydrogens is 320 g/mol. The Balaban J connectivity index is 1.54. The van der Waals surface area contributed by atoms with E-state index >= 15 is 0 Å². The Morgan fingerprint density at radius 3 is 2.88 bits per heavy atom. The van der Waals surface area contributed by atoms with Crippen LogP contribution in [-0.2, 0) is 22.6 Å². The fourth-order valence-electron chi connectivity index (χ4n) is 3.13. The Morgan fingerprint density at radius 1 is 1.16 bits per heavy atom. The predicted octanol–water partition coefficient (Wildman–Crippen LogP) is 2.52. The van der Waals surface area contributed by atoms with Crippen LogP contribution in [0, 0.1) is 0 Å². The third-order valence-corrected chi connectivity index (χ3v) is 4.41. The summed E-state index contributed by atoms with van der Waals surface area (Å²) in [5, 5.41) is 0. The van der Waals surface area contributed by atoms with Crippen molar-refractivity contribution in [3.05, 3.63) is 53.9 Å².